The smallest absolute Gasteiger partial charge is 0.202 e. The molecule has 0 aromatic rings. The summed E-state index contributed by atoms with van der Waals surface area (Å²) in [5.41, 5.74) is -3.22. The molecule has 0 aromatic heterocycles. The fourth-order valence-corrected chi connectivity index (χ4v) is 21.4. The number of carbonyl (C=O) groups is 4. The Hall–Kier alpha value is -2.48. The number of hydrogen-bond acceptors (Lipinski definition) is 20. The molecule has 6 N–H and O–H groups in total. The van der Waals surface area contributed by atoms with Gasteiger partial charge in [-0.3, -0.25) is 19.2 Å². The molecule has 36 atom stereocenters. The average molecular weight is 1530 g/mol. The Balaban J connectivity index is 0.000000295. The van der Waals surface area contributed by atoms with Crippen molar-refractivity contribution < 1.29 is 97.2 Å². The third-order valence-electron chi connectivity index (χ3n) is 29.3. The monoisotopic (exact) mass is 1530 g/mol. The topological polar surface area (TPSA) is 282 Å². The van der Waals surface area contributed by atoms with Gasteiger partial charge in [0.1, 0.15) is 35.3 Å². The predicted octanol–water partition coefficient (Wildman–Crippen LogP) is 14.7. The second kappa shape index (κ2) is 36.4. The lowest BCUT2D eigenvalue weighted by Crippen LogP contribution is -2.63. The van der Waals surface area contributed by atoms with Gasteiger partial charge in [-0.05, 0) is 205 Å². The van der Waals surface area contributed by atoms with Crippen molar-refractivity contribution in [2.24, 2.45) is 82.9 Å². The number of carbonyl (C=O) groups excluding carboxylic acids is 4. The van der Waals surface area contributed by atoms with Crippen LogP contribution >= 0.6 is 0 Å². The van der Waals surface area contributed by atoms with Crippen LogP contribution in [0.3, 0.4) is 0 Å². The molecule has 0 aliphatic carbocycles. The average Bonchev–Trinajstić information content (AvgIpc) is 1.48. The van der Waals surface area contributed by atoms with Crippen molar-refractivity contribution in [1.29, 1.82) is 0 Å². The summed E-state index contributed by atoms with van der Waals surface area (Å²) >= 11 is 0. The van der Waals surface area contributed by atoms with Crippen molar-refractivity contribution in [2.75, 3.05) is 0 Å². The van der Waals surface area contributed by atoms with E-state index in [2.05, 4.69) is 41.5 Å². The maximum atomic E-state index is 14.5. The number of rotatable bonds is 24. The minimum absolute atomic E-state index is 0. The molecule has 0 radical (unpaired) electrons. The molecule has 0 aromatic carbocycles. The summed E-state index contributed by atoms with van der Waals surface area (Å²) in [7, 11) is 0. The van der Waals surface area contributed by atoms with Crippen LogP contribution in [0.15, 0.2) is 24.3 Å². The molecule has 10 aliphatic rings. The first-order valence-electron chi connectivity index (χ1n) is 42.0. The van der Waals surface area contributed by atoms with Gasteiger partial charge in [-0.15, -0.1) is 0 Å². The van der Waals surface area contributed by atoms with E-state index in [-0.39, 0.29) is 146 Å². The van der Waals surface area contributed by atoms with Crippen LogP contribution in [-0.2, 0) is 66.5 Å². The van der Waals surface area contributed by atoms with Crippen LogP contribution in [0.25, 0.3) is 0 Å². The molecule has 624 valence electrons. The van der Waals surface area contributed by atoms with Crippen molar-refractivity contribution in [3.05, 3.63) is 24.3 Å². The summed E-state index contributed by atoms with van der Waals surface area (Å²) in [6, 6.07) is 0. The maximum absolute atomic E-state index is 14.5. The van der Waals surface area contributed by atoms with Gasteiger partial charge in [0.15, 0.2) is 11.6 Å². The first-order valence-corrected chi connectivity index (χ1v) is 42.0. The molecular weight excluding hydrogens is 1380 g/mol. The number of ketones is 4. The van der Waals surface area contributed by atoms with E-state index >= 15 is 0 Å². The Morgan fingerprint density at radius 2 is 0.778 bits per heavy atom. The Kier molecular flexibility index (Phi) is 31.2. The lowest BCUT2D eigenvalue weighted by atomic mass is 9.72. The van der Waals surface area contributed by atoms with Gasteiger partial charge in [0.2, 0.25) is 11.6 Å². The van der Waals surface area contributed by atoms with E-state index in [9.17, 15) is 49.8 Å². The molecular formula is C88H152O20. The lowest BCUT2D eigenvalue weighted by molar-refractivity contribution is -0.409. The van der Waals surface area contributed by atoms with Crippen molar-refractivity contribution in [1.82, 2.24) is 0 Å². The number of aliphatic hydroxyl groups is 6. The molecule has 10 aliphatic heterocycles. The second-order valence-electron chi connectivity index (χ2n) is 36.4. The van der Waals surface area contributed by atoms with E-state index < -0.39 is 106 Å². The van der Waals surface area contributed by atoms with Crippen molar-refractivity contribution in [3.8, 4) is 0 Å². The fraction of sp³-hybridized carbons (Fsp3) is 0.909. The number of aliphatic hydroxyl groups excluding tert-OH is 4. The zero-order valence-corrected chi connectivity index (χ0v) is 69.0. The normalized spacial score (nSPS) is 45.3. The summed E-state index contributed by atoms with van der Waals surface area (Å²) < 4.78 is 67.4. The molecule has 0 amide bonds. The van der Waals surface area contributed by atoms with Crippen LogP contribution in [0.5, 0.6) is 0 Å². The van der Waals surface area contributed by atoms with Crippen molar-refractivity contribution >= 4 is 23.1 Å². The van der Waals surface area contributed by atoms with Gasteiger partial charge < -0.3 is 78.0 Å². The van der Waals surface area contributed by atoms with E-state index in [1.54, 1.807) is 26.0 Å². The highest BCUT2D eigenvalue weighted by molar-refractivity contribution is 5.85. The number of hydrogen-bond donors (Lipinski definition) is 6. The molecule has 8 saturated heterocycles. The Labute approximate surface area is 651 Å². The van der Waals surface area contributed by atoms with Gasteiger partial charge in [-0.1, -0.05) is 126 Å². The number of Topliss-reactive ketones (excluding diaryl/α,β-unsaturated/α-hetero) is 4. The fourth-order valence-electron chi connectivity index (χ4n) is 21.4. The van der Waals surface area contributed by atoms with Gasteiger partial charge >= 0.3 is 0 Å². The standard InChI is InChI=1S/2C43H72O10.2CH4/c2*1-12-31(29(9)44)33-16-15-24(4)38(50-33)28(8)36(46)27(7)37(47)32(13-2)39-25(5)23-26(6)42(51-39)20-17-34(45)43(53-42)22-21-40(11,52-43)35-18-19-41(48,14-3)30(10)49-35;;/h2*17,20,24-28,30-36,38-39,45-46,48H,12-16,18-19,21-23H2,1-11H3;2*1H4/t2*24-,25-,26+,27-,28-,30-,31-,32-,33+,34+,35+,36+,38+,39-,40-,41+,42-,43-;;/m00../s1. The molecule has 4 spiro atoms. The predicted molar refractivity (Wildman–Crippen MR) is 417 cm³/mol. The summed E-state index contributed by atoms with van der Waals surface area (Å²) in [4.78, 5) is 53.7. The minimum Gasteiger partial charge on any atom is -0.392 e. The molecule has 0 unspecified atom stereocenters. The SMILES string of the molecule is C.C.CC[C@@H](C(=O)[C@@H](C)[C@@H](O)[C@H](C)[C@@H]1O[C@@H]([C@@H](CC)C(C)=O)CC[C@@H]1C)[C@H]1O[C@]2(C=C[C@@H](O)[C@]3(CC[C@@](C)([C@H]4CC[C@](O)(CC)[C@H](C)O4)O3)O2)[C@H](C)C[C@@H]1C.CC[C@@H](C(=O)[C@@H](C)[C@@H](O)[C@H](C)[C@@H]1O[C@@H]([C@@H](CC)C(C)=O)CC[C@@H]1C)[C@H]1O[C@]2(C=C[C@@H](O)[C@]3(CC[C@@](C)([C@H]4CC[C@](O)(CC)[C@H](C)O4)O3)O2)[C@H](C)C[C@@H]1C. The van der Waals surface area contributed by atoms with Crippen LogP contribution in [0, 0.1) is 82.9 Å². The lowest BCUT2D eigenvalue weighted by Gasteiger charge is -2.54. The summed E-state index contributed by atoms with van der Waals surface area (Å²) in [5.74, 6) is -7.95. The molecule has 108 heavy (non-hydrogen) atoms. The molecule has 20 heteroatoms. The summed E-state index contributed by atoms with van der Waals surface area (Å²) in [5, 5.41) is 68.5. The van der Waals surface area contributed by atoms with E-state index in [1.807, 2.05) is 109 Å². The van der Waals surface area contributed by atoms with Crippen LogP contribution < -0.4 is 0 Å². The first-order chi connectivity index (χ1) is 49.6. The number of ether oxygens (including phenoxy) is 10. The van der Waals surface area contributed by atoms with Crippen LogP contribution in [-0.4, -0.2) is 185 Å². The highest BCUT2D eigenvalue weighted by Crippen LogP contribution is 2.57. The van der Waals surface area contributed by atoms with Gasteiger partial charge in [0.05, 0.1) is 95.7 Å². The van der Waals surface area contributed by atoms with E-state index in [4.69, 9.17) is 47.4 Å². The zero-order chi connectivity index (χ0) is 78.5. The van der Waals surface area contributed by atoms with E-state index in [1.165, 1.54) is 0 Å². The minimum atomic E-state index is -1.35. The molecule has 0 saturated carbocycles. The second-order valence-corrected chi connectivity index (χ2v) is 36.4. The molecule has 0 bridgehead atoms. The largest absolute Gasteiger partial charge is 0.392 e. The van der Waals surface area contributed by atoms with E-state index in [0.717, 1.165) is 38.5 Å². The molecule has 20 nitrogen and oxygen atoms in total. The zero-order valence-electron chi connectivity index (χ0n) is 69.0. The third-order valence-corrected chi connectivity index (χ3v) is 29.3. The Morgan fingerprint density at radius 1 is 0.444 bits per heavy atom. The molecule has 10 rings (SSSR count). The van der Waals surface area contributed by atoms with Crippen LogP contribution in [0.1, 0.15) is 296 Å². The highest BCUT2D eigenvalue weighted by Gasteiger charge is 2.66. The van der Waals surface area contributed by atoms with E-state index in [0.29, 0.717) is 89.9 Å². The van der Waals surface area contributed by atoms with Crippen molar-refractivity contribution in [3.63, 3.8) is 0 Å². The van der Waals surface area contributed by atoms with Crippen LogP contribution in [0.2, 0.25) is 0 Å². The Morgan fingerprint density at radius 3 is 1.07 bits per heavy atom. The first kappa shape index (κ1) is 92.7. The van der Waals surface area contributed by atoms with Gasteiger partial charge in [-0.25, -0.2) is 0 Å². The molecule has 10 heterocycles. The third kappa shape index (κ3) is 18.0. The summed E-state index contributed by atoms with van der Waals surface area (Å²) in [6.45, 7) is 43.3. The van der Waals surface area contributed by atoms with Gasteiger partial charge in [-0.2, -0.15) is 0 Å². The van der Waals surface area contributed by atoms with Gasteiger partial charge in [0, 0.05) is 72.0 Å². The summed E-state index contributed by atoms with van der Waals surface area (Å²) in [6.07, 6.45) is 13.3. The maximum Gasteiger partial charge on any atom is 0.202 e. The molecule has 8 fully saturated rings. The van der Waals surface area contributed by atoms with Crippen LogP contribution in [0.4, 0.5) is 0 Å². The quantitative estimate of drug-likeness (QED) is 0.0490. The highest BCUT2D eigenvalue weighted by atomic mass is 16.8. The Bertz CT molecular complexity index is 2840. The van der Waals surface area contributed by atoms with Gasteiger partial charge in [0.25, 0.3) is 0 Å². The van der Waals surface area contributed by atoms with Crippen molar-refractivity contribution in [2.45, 2.75) is 427 Å².